The van der Waals surface area contributed by atoms with Crippen LogP contribution in [0.4, 0.5) is 11.5 Å². The van der Waals surface area contributed by atoms with Crippen LogP contribution >= 0.6 is 0 Å². The van der Waals surface area contributed by atoms with E-state index in [1.807, 2.05) is 4.90 Å². The number of anilines is 1. The number of hydrogen-bond acceptors (Lipinski definition) is 5. The molecule has 0 radical (unpaired) electrons. The Kier molecular flexibility index (Phi) is 3.23. The number of aromatic nitrogens is 1. The molecule has 1 saturated heterocycles. The van der Waals surface area contributed by atoms with Gasteiger partial charge in [0.2, 0.25) is 5.82 Å². The second kappa shape index (κ2) is 4.67. The van der Waals surface area contributed by atoms with E-state index in [1.165, 1.54) is 0 Å². The van der Waals surface area contributed by atoms with Gasteiger partial charge in [0.1, 0.15) is 0 Å². The predicted molar refractivity (Wildman–Crippen MR) is 65.1 cm³/mol. The molecule has 6 heteroatoms. The third-order valence-electron chi connectivity index (χ3n) is 3.05. The molecule has 1 aromatic heterocycles. The fourth-order valence-corrected chi connectivity index (χ4v) is 2.20. The SMILES string of the molecule is Cc1ccnc(N2CCCC(N)C2)c1[N+](=O)[O-]. The molecule has 1 atom stereocenters. The standard InChI is InChI=1S/C11H16N4O2/c1-8-4-5-13-11(10(8)15(16)17)14-6-2-3-9(12)7-14/h4-5,9H,2-3,6-7,12H2,1H3. The van der Waals surface area contributed by atoms with Crippen molar-refractivity contribution in [2.45, 2.75) is 25.8 Å². The van der Waals surface area contributed by atoms with E-state index in [0.29, 0.717) is 17.9 Å². The Balaban J connectivity index is 2.37. The zero-order chi connectivity index (χ0) is 12.4. The number of hydrogen-bond donors (Lipinski definition) is 1. The normalized spacial score (nSPS) is 20.4. The maximum absolute atomic E-state index is 11.1. The van der Waals surface area contributed by atoms with Crippen LogP contribution in [-0.2, 0) is 0 Å². The number of rotatable bonds is 2. The third-order valence-corrected chi connectivity index (χ3v) is 3.05. The molecular formula is C11H16N4O2. The lowest BCUT2D eigenvalue weighted by atomic mass is 10.1. The molecule has 2 N–H and O–H groups in total. The monoisotopic (exact) mass is 236 g/mol. The first-order valence-electron chi connectivity index (χ1n) is 5.70. The number of aryl methyl sites for hydroxylation is 1. The molecule has 1 unspecified atom stereocenters. The number of nitrogens with two attached hydrogens (primary N) is 1. The molecule has 17 heavy (non-hydrogen) atoms. The highest BCUT2D eigenvalue weighted by Crippen LogP contribution is 2.30. The fourth-order valence-electron chi connectivity index (χ4n) is 2.20. The molecule has 0 aliphatic carbocycles. The maximum atomic E-state index is 11.1. The van der Waals surface area contributed by atoms with E-state index in [1.54, 1.807) is 19.2 Å². The number of piperidine rings is 1. The Morgan fingerprint density at radius 3 is 3.06 bits per heavy atom. The van der Waals surface area contributed by atoms with Crippen molar-refractivity contribution in [3.05, 3.63) is 27.9 Å². The fraction of sp³-hybridized carbons (Fsp3) is 0.545. The van der Waals surface area contributed by atoms with E-state index in [4.69, 9.17) is 5.73 Å². The summed E-state index contributed by atoms with van der Waals surface area (Å²) in [6, 6.07) is 1.73. The molecule has 1 aromatic rings. The maximum Gasteiger partial charge on any atom is 0.314 e. The van der Waals surface area contributed by atoms with Gasteiger partial charge in [0, 0.05) is 30.9 Å². The number of nitrogens with zero attached hydrogens (tertiary/aromatic N) is 3. The van der Waals surface area contributed by atoms with Crippen LogP contribution in [0.1, 0.15) is 18.4 Å². The topological polar surface area (TPSA) is 85.3 Å². The Morgan fingerprint density at radius 1 is 1.65 bits per heavy atom. The largest absolute Gasteiger partial charge is 0.349 e. The summed E-state index contributed by atoms with van der Waals surface area (Å²) >= 11 is 0. The molecule has 0 spiro atoms. The summed E-state index contributed by atoms with van der Waals surface area (Å²) in [4.78, 5) is 16.8. The Morgan fingerprint density at radius 2 is 2.41 bits per heavy atom. The van der Waals surface area contributed by atoms with Crippen molar-refractivity contribution in [1.82, 2.24) is 4.98 Å². The predicted octanol–water partition coefficient (Wildman–Crippen LogP) is 1.23. The van der Waals surface area contributed by atoms with Crippen molar-refractivity contribution in [3.63, 3.8) is 0 Å². The molecule has 0 aromatic carbocycles. The first-order valence-corrected chi connectivity index (χ1v) is 5.70. The van der Waals surface area contributed by atoms with Gasteiger partial charge in [-0.15, -0.1) is 0 Å². The van der Waals surface area contributed by atoms with Gasteiger partial charge in [0.15, 0.2) is 0 Å². The Labute approximate surface area is 99.6 Å². The minimum Gasteiger partial charge on any atom is -0.349 e. The van der Waals surface area contributed by atoms with Crippen molar-refractivity contribution >= 4 is 11.5 Å². The van der Waals surface area contributed by atoms with Crippen LogP contribution in [0.3, 0.4) is 0 Å². The summed E-state index contributed by atoms with van der Waals surface area (Å²) in [6.45, 7) is 3.15. The smallest absolute Gasteiger partial charge is 0.314 e. The van der Waals surface area contributed by atoms with E-state index < -0.39 is 0 Å². The van der Waals surface area contributed by atoms with Gasteiger partial charge < -0.3 is 10.6 Å². The van der Waals surface area contributed by atoms with Crippen LogP contribution in [0.2, 0.25) is 0 Å². The molecule has 1 aliphatic heterocycles. The summed E-state index contributed by atoms with van der Waals surface area (Å²) in [5.74, 6) is 0.449. The van der Waals surface area contributed by atoms with Crippen molar-refractivity contribution in [3.8, 4) is 0 Å². The van der Waals surface area contributed by atoms with E-state index in [-0.39, 0.29) is 16.7 Å². The summed E-state index contributed by atoms with van der Waals surface area (Å²) < 4.78 is 0. The van der Waals surface area contributed by atoms with Crippen LogP contribution in [0.15, 0.2) is 12.3 Å². The van der Waals surface area contributed by atoms with E-state index in [9.17, 15) is 10.1 Å². The van der Waals surface area contributed by atoms with Crippen molar-refractivity contribution in [2.75, 3.05) is 18.0 Å². The molecule has 1 aliphatic rings. The lowest BCUT2D eigenvalue weighted by Gasteiger charge is -2.31. The van der Waals surface area contributed by atoms with Crippen LogP contribution < -0.4 is 10.6 Å². The van der Waals surface area contributed by atoms with Gasteiger partial charge in [-0.3, -0.25) is 10.1 Å². The summed E-state index contributed by atoms with van der Waals surface area (Å²) in [5.41, 5.74) is 6.62. The van der Waals surface area contributed by atoms with Crippen LogP contribution in [0, 0.1) is 17.0 Å². The highest BCUT2D eigenvalue weighted by molar-refractivity contribution is 5.61. The van der Waals surface area contributed by atoms with E-state index in [0.717, 1.165) is 19.4 Å². The molecule has 2 rings (SSSR count). The molecule has 1 fully saturated rings. The van der Waals surface area contributed by atoms with Gasteiger partial charge in [0.05, 0.1) is 4.92 Å². The minimum atomic E-state index is -0.363. The van der Waals surface area contributed by atoms with Crippen LogP contribution in [-0.4, -0.2) is 29.0 Å². The summed E-state index contributed by atoms with van der Waals surface area (Å²) in [6.07, 6.45) is 3.53. The average Bonchev–Trinajstić information content (AvgIpc) is 2.28. The van der Waals surface area contributed by atoms with Crippen LogP contribution in [0.5, 0.6) is 0 Å². The zero-order valence-electron chi connectivity index (χ0n) is 9.80. The van der Waals surface area contributed by atoms with Crippen molar-refractivity contribution in [1.29, 1.82) is 0 Å². The van der Waals surface area contributed by atoms with Gasteiger partial charge in [-0.1, -0.05) is 0 Å². The zero-order valence-corrected chi connectivity index (χ0v) is 9.80. The van der Waals surface area contributed by atoms with Gasteiger partial charge in [-0.05, 0) is 25.8 Å². The van der Waals surface area contributed by atoms with Crippen molar-refractivity contribution < 1.29 is 4.92 Å². The van der Waals surface area contributed by atoms with Gasteiger partial charge in [-0.25, -0.2) is 4.98 Å². The summed E-state index contributed by atoms with van der Waals surface area (Å²) in [7, 11) is 0. The summed E-state index contributed by atoms with van der Waals surface area (Å²) in [5, 5.41) is 11.1. The second-order valence-electron chi connectivity index (χ2n) is 4.41. The van der Waals surface area contributed by atoms with Gasteiger partial charge in [-0.2, -0.15) is 0 Å². The van der Waals surface area contributed by atoms with Crippen LogP contribution in [0.25, 0.3) is 0 Å². The van der Waals surface area contributed by atoms with Gasteiger partial charge >= 0.3 is 5.69 Å². The Bertz CT molecular complexity index is 435. The average molecular weight is 236 g/mol. The molecular weight excluding hydrogens is 220 g/mol. The number of pyridine rings is 1. The lowest BCUT2D eigenvalue weighted by molar-refractivity contribution is -0.384. The number of nitro groups is 1. The third kappa shape index (κ3) is 2.36. The Hall–Kier alpha value is -1.69. The molecule has 2 heterocycles. The highest BCUT2D eigenvalue weighted by Gasteiger charge is 2.26. The second-order valence-corrected chi connectivity index (χ2v) is 4.41. The minimum absolute atomic E-state index is 0.0747. The molecule has 0 amide bonds. The van der Waals surface area contributed by atoms with Gasteiger partial charge in [0.25, 0.3) is 0 Å². The first-order chi connectivity index (χ1) is 8.09. The highest BCUT2D eigenvalue weighted by atomic mass is 16.6. The molecule has 0 saturated carbocycles. The molecule has 92 valence electrons. The molecule has 0 bridgehead atoms. The molecule has 6 nitrogen and oxygen atoms in total. The van der Waals surface area contributed by atoms with E-state index >= 15 is 0 Å². The first kappa shape index (κ1) is 11.8. The lowest BCUT2D eigenvalue weighted by Crippen LogP contribution is -2.43. The van der Waals surface area contributed by atoms with E-state index in [2.05, 4.69) is 4.98 Å². The van der Waals surface area contributed by atoms with Crippen molar-refractivity contribution in [2.24, 2.45) is 5.73 Å². The quantitative estimate of drug-likeness (QED) is 0.616.